The van der Waals surface area contributed by atoms with Crippen molar-refractivity contribution in [1.82, 2.24) is 0 Å². The fourth-order valence-electron chi connectivity index (χ4n) is 0.654. The van der Waals surface area contributed by atoms with Gasteiger partial charge in [-0.2, -0.15) is 0 Å². The number of hydrogen-bond acceptors (Lipinski definition) is 2. The molecule has 0 saturated heterocycles. The van der Waals surface area contributed by atoms with E-state index in [1.165, 1.54) is 0 Å². The third-order valence-electron chi connectivity index (χ3n) is 1.09. The predicted molar refractivity (Wildman–Crippen MR) is 39.0 cm³/mol. The number of hydrogen-bond donors (Lipinski definition) is 0. The van der Waals surface area contributed by atoms with Crippen molar-refractivity contribution in [2.45, 2.75) is 6.42 Å². The van der Waals surface area contributed by atoms with E-state index in [0.29, 0.717) is 6.42 Å². The zero-order chi connectivity index (χ0) is 7.40. The number of carbonyl (C=O) groups excluding carboxylic acids is 2. The molecule has 0 aromatic carbocycles. The summed E-state index contributed by atoms with van der Waals surface area (Å²) < 4.78 is 0.866. The standard InChI is InChI=1S/C5H5.2CO.Fe.Na/c1-2-4-5-3-1;2*1-2;;/h1-3H,4H2;;;;. The van der Waals surface area contributed by atoms with E-state index in [0.717, 1.165) is 4.47 Å². The molecule has 0 amide bonds. The average molecular weight is 200 g/mol. The summed E-state index contributed by atoms with van der Waals surface area (Å²) in [7, 11) is 0. The van der Waals surface area contributed by atoms with E-state index in [2.05, 4.69) is 0 Å². The predicted octanol–water partition coefficient (Wildman–Crippen LogP) is 0.202. The minimum atomic E-state index is -1.54. The largest absolute Gasteiger partial charge is 0 e. The van der Waals surface area contributed by atoms with Crippen LogP contribution in [0.4, 0.5) is 0 Å². The SMILES string of the molecule is O=[C]=[Fe](=[C]=O)[C]1=CC=CC1.[Na]. The molecule has 0 fully saturated rings. The molecule has 54 valence electrons. The van der Waals surface area contributed by atoms with Crippen molar-refractivity contribution in [2.75, 3.05) is 0 Å². The van der Waals surface area contributed by atoms with E-state index in [4.69, 9.17) is 0 Å². The van der Waals surface area contributed by atoms with Crippen molar-refractivity contribution in [3.63, 3.8) is 0 Å². The minimum absolute atomic E-state index is 0. The average Bonchev–Trinajstić information content (AvgIpc) is 2.43. The summed E-state index contributed by atoms with van der Waals surface area (Å²) in [6, 6.07) is 0. The van der Waals surface area contributed by atoms with Gasteiger partial charge in [0, 0.05) is 29.6 Å². The Morgan fingerprint density at radius 3 is 2.36 bits per heavy atom. The number of rotatable bonds is 1. The Balaban J connectivity index is 0.000001000. The first-order chi connectivity index (χ1) is 4.88. The van der Waals surface area contributed by atoms with Gasteiger partial charge in [0.2, 0.25) is 0 Å². The van der Waals surface area contributed by atoms with Crippen molar-refractivity contribution in [3.05, 3.63) is 22.7 Å². The molecule has 2 nitrogen and oxygen atoms in total. The van der Waals surface area contributed by atoms with Crippen LogP contribution < -0.4 is 0 Å². The molecule has 0 spiro atoms. The maximum absolute atomic E-state index is 10.1. The van der Waals surface area contributed by atoms with Crippen LogP contribution in [0.25, 0.3) is 0 Å². The molecule has 11 heavy (non-hydrogen) atoms. The maximum Gasteiger partial charge on any atom is 0 e. The summed E-state index contributed by atoms with van der Waals surface area (Å²) >= 11 is -1.54. The minimum Gasteiger partial charge on any atom is 0 e. The van der Waals surface area contributed by atoms with Crippen molar-refractivity contribution < 1.29 is 22.6 Å². The maximum atomic E-state index is 10.1. The molecular formula is C7H5FeNaO2. The van der Waals surface area contributed by atoms with Gasteiger partial charge in [0.15, 0.2) is 0 Å². The van der Waals surface area contributed by atoms with Crippen LogP contribution in [0, 0.1) is 0 Å². The Morgan fingerprint density at radius 1 is 1.36 bits per heavy atom. The van der Waals surface area contributed by atoms with E-state index in [-0.39, 0.29) is 29.6 Å². The second kappa shape index (κ2) is 5.76. The van der Waals surface area contributed by atoms with Crippen molar-refractivity contribution in [3.8, 4) is 0 Å². The van der Waals surface area contributed by atoms with Crippen LogP contribution in [0.1, 0.15) is 6.42 Å². The molecule has 0 atom stereocenters. The first kappa shape index (κ1) is 11.2. The molecule has 4 heteroatoms. The van der Waals surface area contributed by atoms with Crippen LogP contribution in [0.15, 0.2) is 22.7 Å². The first-order valence-electron chi connectivity index (χ1n) is 2.66. The van der Waals surface area contributed by atoms with Gasteiger partial charge in [0.1, 0.15) is 0 Å². The Labute approximate surface area is 90.2 Å². The van der Waals surface area contributed by atoms with E-state index in [1.54, 1.807) is 15.6 Å². The van der Waals surface area contributed by atoms with Crippen LogP contribution in [0.5, 0.6) is 0 Å². The molecule has 0 aliphatic heterocycles. The molecule has 1 rings (SSSR count). The van der Waals surface area contributed by atoms with Crippen LogP contribution >= 0.6 is 0 Å². The van der Waals surface area contributed by atoms with E-state index < -0.39 is 13.0 Å². The van der Waals surface area contributed by atoms with Crippen LogP contribution in [0.2, 0.25) is 0 Å². The zero-order valence-corrected chi connectivity index (χ0v) is 9.21. The third-order valence-corrected chi connectivity index (χ3v) is 2.66. The molecule has 1 radical (unpaired) electrons. The molecule has 0 heterocycles. The molecule has 0 aromatic heterocycles. The second-order valence-electron chi connectivity index (χ2n) is 1.64. The normalized spacial score (nSPS) is 13.4. The Bertz CT molecular complexity index is 308. The van der Waals surface area contributed by atoms with Gasteiger partial charge in [-0.15, -0.1) is 0 Å². The van der Waals surface area contributed by atoms with Crippen molar-refractivity contribution in [2.24, 2.45) is 0 Å². The first-order valence-corrected chi connectivity index (χ1v) is 4.31. The van der Waals surface area contributed by atoms with Crippen LogP contribution in [0.3, 0.4) is 0 Å². The number of allylic oxidation sites excluding steroid dienone is 4. The summed E-state index contributed by atoms with van der Waals surface area (Å²) in [5.74, 6) is 0. The fraction of sp³-hybridized carbons (Fsp3) is 0.143. The molecule has 0 unspecified atom stereocenters. The van der Waals surface area contributed by atoms with Gasteiger partial charge in [-0.05, 0) is 0 Å². The monoisotopic (exact) mass is 200 g/mol. The summed E-state index contributed by atoms with van der Waals surface area (Å²) in [6.07, 6.45) is 6.24. The van der Waals surface area contributed by atoms with Crippen LogP contribution in [-0.4, -0.2) is 39.1 Å². The summed E-state index contributed by atoms with van der Waals surface area (Å²) in [5, 5.41) is 0. The molecule has 0 aromatic rings. The van der Waals surface area contributed by atoms with Gasteiger partial charge in [0.25, 0.3) is 0 Å². The van der Waals surface area contributed by atoms with E-state index in [1.807, 2.05) is 12.2 Å². The Hall–Kier alpha value is 0.159. The van der Waals surface area contributed by atoms with Gasteiger partial charge in [-0.3, -0.25) is 0 Å². The zero-order valence-electron chi connectivity index (χ0n) is 6.11. The van der Waals surface area contributed by atoms with Crippen molar-refractivity contribution in [1.29, 1.82) is 0 Å². The van der Waals surface area contributed by atoms with Crippen LogP contribution in [-0.2, 0) is 22.6 Å². The Kier molecular flexibility index (Phi) is 5.85. The topological polar surface area (TPSA) is 34.1 Å². The summed E-state index contributed by atoms with van der Waals surface area (Å²) in [4.78, 5) is 23.6. The van der Waals surface area contributed by atoms with Gasteiger partial charge < -0.3 is 0 Å². The molecule has 1 aliphatic rings. The Morgan fingerprint density at radius 2 is 2.00 bits per heavy atom. The van der Waals surface area contributed by atoms with E-state index >= 15 is 0 Å². The van der Waals surface area contributed by atoms with Gasteiger partial charge in [-0.1, -0.05) is 0 Å². The molecule has 0 saturated carbocycles. The van der Waals surface area contributed by atoms with Gasteiger partial charge in [0.05, 0.1) is 0 Å². The molecule has 0 bridgehead atoms. The second-order valence-corrected chi connectivity index (χ2v) is 3.63. The summed E-state index contributed by atoms with van der Waals surface area (Å²) in [6.45, 7) is 0. The molecular weight excluding hydrogens is 195 g/mol. The quantitative estimate of drug-likeness (QED) is 0.566. The van der Waals surface area contributed by atoms with Crippen molar-refractivity contribution >= 4 is 39.1 Å². The third kappa shape index (κ3) is 2.94. The van der Waals surface area contributed by atoms with Gasteiger partial charge in [-0.25, -0.2) is 0 Å². The fourth-order valence-corrected chi connectivity index (χ4v) is 1.64. The van der Waals surface area contributed by atoms with Gasteiger partial charge >= 0.3 is 61.3 Å². The summed E-state index contributed by atoms with van der Waals surface area (Å²) in [5.41, 5.74) is 0. The van der Waals surface area contributed by atoms with E-state index in [9.17, 15) is 9.59 Å². The molecule has 1 aliphatic carbocycles. The molecule has 0 N–H and O–H groups in total. The smallest absolute Gasteiger partial charge is 0 e.